The van der Waals surface area contributed by atoms with Crippen LogP contribution in [0.3, 0.4) is 0 Å². The van der Waals surface area contributed by atoms with E-state index in [0.717, 1.165) is 11.1 Å². The van der Waals surface area contributed by atoms with Crippen LogP contribution in [0.25, 0.3) is 0 Å². The van der Waals surface area contributed by atoms with E-state index in [1.807, 2.05) is 32.0 Å². The molecule has 66 valence electrons. The van der Waals surface area contributed by atoms with Gasteiger partial charge in [0.05, 0.1) is 0 Å². The first-order chi connectivity index (χ1) is 5.22. The van der Waals surface area contributed by atoms with Gasteiger partial charge in [-0.3, -0.25) is 4.79 Å². The number of hydrogen-bond acceptors (Lipinski definition) is 2. The summed E-state index contributed by atoms with van der Waals surface area (Å²) in [5, 5.41) is 0. The summed E-state index contributed by atoms with van der Waals surface area (Å²) in [6.45, 7) is 4.36. The molecule has 0 aliphatic rings. The number of ether oxygens (including phenoxy) is 1. The third-order valence-electron chi connectivity index (χ3n) is 1.38. The van der Waals surface area contributed by atoms with Crippen molar-refractivity contribution in [2.45, 2.75) is 21.3 Å². The summed E-state index contributed by atoms with van der Waals surface area (Å²) in [6.07, 6.45) is 0. The van der Waals surface area contributed by atoms with Gasteiger partial charge in [-0.15, -0.1) is 0 Å². The zero-order valence-corrected chi connectivity index (χ0v) is 6.63. The zero-order valence-electron chi connectivity index (χ0n) is 6.63. The van der Waals surface area contributed by atoms with Gasteiger partial charge in [-0.05, 0) is 37.1 Å². The van der Waals surface area contributed by atoms with Gasteiger partial charge in [0.2, 0.25) is 0 Å². The lowest BCUT2D eigenvalue weighted by Crippen LogP contribution is -1.89. The van der Waals surface area contributed by atoms with Crippen LogP contribution in [-0.2, 0) is 4.79 Å². The third-order valence-corrected chi connectivity index (χ3v) is 1.38. The zero-order chi connectivity index (χ0) is 8.27. The van der Waals surface area contributed by atoms with Gasteiger partial charge in [-0.25, -0.2) is 0 Å². The summed E-state index contributed by atoms with van der Waals surface area (Å²) in [4.78, 5) is 9.97. The molecule has 12 heavy (non-hydrogen) atoms. The molecule has 1 aromatic carbocycles. The minimum absolute atomic E-state index is 0. The number of carbonyl (C=O) groups excluding carboxylic acids is 1. The predicted molar refractivity (Wildman–Crippen MR) is 49.3 cm³/mol. The summed E-state index contributed by atoms with van der Waals surface area (Å²) in [5.74, 6) is 0.609. The molecule has 0 bridgehead atoms. The molecule has 0 fully saturated rings. The van der Waals surface area contributed by atoms with E-state index in [1.54, 1.807) is 0 Å². The number of aryl methyl sites for hydroxylation is 2. The van der Waals surface area contributed by atoms with Crippen LogP contribution in [0.2, 0.25) is 0 Å². The molecule has 0 spiro atoms. The average molecular weight is 166 g/mol. The highest BCUT2D eigenvalue weighted by Crippen LogP contribution is 2.14. The van der Waals surface area contributed by atoms with Gasteiger partial charge in [0.15, 0.2) is 0 Å². The highest BCUT2D eigenvalue weighted by Gasteiger charge is 1.94. The Bertz CT molecular complexity index is 246. The van der Waals surface area contributed by atoms with Crippen molar-refractivity contribution < 1.29 is 9.53 Å². The number of carbonyl (C=O) groups is 1. The van der Waals surface area contributed by atoms with Crippen LogP contribution < -0.4 is 4.74 Å². The van der Waals surface area contributed by atoms with Gasteiger partial charge < -0.3 is 4.74 Å². The van der Waals surface area contributed by atoms with Gasteiger partial charge in [0.25, 0.3) is 6.47 Å². The molecule has 2 heteroatoms. The molecule has 2 nitrogen and oxygen atoms in total. The van der Waals surface area contributed by atoms with Crippen molar-refractivity contribution in [1.29, 1.82) is 0 Å². The lowest BCUT2D eigenvalue weighted by atomic mass is 10.1. The van der Waals surface area contributed by atoms with E-state index in [1.165, 1.54) is 0 Å². The molecule has 0 atom stereocenters. The number of rotatable bonds is 2. The standard InChI is InChI=1S/C9H10O2.CH4/c1-7-3-8(2)5-9(4-7)11-6-10;/h3-6H,1-2H3;1H4. The van der Waals surface area contributed by atoms with Gasteiger partial charge >= 0.3 is 0 Å². The smallest absolute Gasteiger partial charge is 0.298 e. The first-order valence-corrected chi connectivity index (χ1v) is 3.41. The van der Waals surface area contributed by atoms with Crippen molar-refractivity contribution in [3.05, 3.63) is 29.3 Å². The Kier molecular flexibility index (Phi) is 4.05. The molecule has 0 heterocycles. The predicted octanol–water partition coefficient (Wildman–Crippen LogP) is 2.47. The molecule has 1 aromatic rings. The first kappa shape index (κ1) is 10.7. The molecule has 0 aliphatic heterocycles. The highest BCUT2D eigenvalue weighted by molar-refractivity contribution is 5.46. The Hall–Kier alpha value is -1.31. The maximum atomic E-state index is 9.97. The Balaban J connectivity index is 0.00000121. The van der Waals surface area contributed by atoms with Crippen molar-refractivity contribution in [2.75, 3.05) is 0 Å². The molecule has 0 aromatic heterocycles. The molecule has 1 rings (SSSR count). The quantitative estimate of drug-likeness (QED) is 0.631. The van der Waals surface area contributed by atoms with E-state index in [-0.39, 0.29) is 7.43 Å². The third kappa shape index (κ3) is 2.74. The lowest BCUT2D eigenvalue weighted by Gasteiger charge is -2.00. The summed E-state index contributed by atoms with van der Waals surface area (Å²) < 4.78 is 4.69. The molecule has 0 saturated heterocycles. The summed E-state index contributed by atoms with van der Waals surface area (Å²) in [7, 11) is 0. The molecule has 0 saturated carbocycles. The van der Waals surface area contributed by atoms with E-state index in [0.29, 0.717) is 12.2 Å². The van der Waals surface area contributed by atoms with Crippen LogP contribution in [0.1, 0.15) is 18.6 Å². The maximum Gasteiger partial charge on any atom is 0.298 e. The second kappa shape index (κ2) is 4.54. The van der Waals surface area contributed by atoms with Gasteiger partial charge in [0.1, 0.15) is 5.75 Å². The fourth-order valence-electron chi connectivity index (χ4n) is 1.06. The summed E-state index contributed by atoms with van der Waals surface area (Å²) in [6, 6.07) is 5.67. The van der Waals surface area contributed by atoms with Crippen LogP contribution >= 0.6 is 0 Å². The van der Waals surface area contributed by atoms with E-state index in [9.17, 15) is 4.79 Å². The van der Waals surface area contributed by atoms with Crippen LogP contribution in [0.5, 0.6) is 5.75 Å². The van der Waals surface area contributed by atoms with Crippen molar-refractivity contribution in [1.82, 2.24) is 0 Å². The SMILES string of the molecule is C.Cc1cc(C)cc(OC=O)c1. The van der Waals surface area contributed by atoms with Crippen molar-refractivity contribution >= 4 is 6.47 Å². The fourth-order valence-corrected chi connectivity index (χ4v) is 1.06. The monoisotopic (exact) mass is 166 g/mol. The van der Waals surface area contributed by atoms with E-state index in [4.69, 9.17) is 0 Å². The Morgan fingerprint density at radius 1 is 1.17 bits per heavy atom. The maximum absolute atomic E-state index is 9.97. The minimum atomic E-state index is 0. The number of benzene rings is 1. The summed E-state index contributed by atoms with van der Waals surface area (Å²) in [5.41, 5.74) is 2.20. The largest absolute Gasteiger partial charge is 0.429 e. The fraction of sp³-hybridized carbons (Fsp3) is 0.300. The molecular formula is C10H14O2. The van der Waals surface area contributed by atoms with Crippen LogP contribution in [0, 0.1) is 13.8 Å². The Morgan fingerprint density at radius 2 is 1.67 bits per heavy atom. The average Bonchev–Trinajstić information content (AvgIpc) is 1.85. The lowest BCUT2D eigenvalue weighted by molar-refractivity contribution is -0.120. The second-order valence-corrected chi connectivity index (χ2v) is 2.54. The van der Waals surface area contributed by atoms with Crippen molar-refractivity contribution in [2.24, 2.45) is 0 Å². The van der Waals surface area contributed by atoms with Gasteiger partial charge in [-0.1, -0.05) is 13.5 Å². The summed E-state index contributed by atoms with van der Waals surface area (Å²) >= 11 is 0. The van der Waals surface area contributed by atoms with Crippen LogP contribution in [-0.4, -0.2) is 6.47 Å². The molecule has 0 N–H and O–H groups in total. The minimum Gasteiger partial charge on any atom is -0.429 e. The van der Waals surface area contributed by atoms with Crippen molar-refractivity contribution in [3.8, 4) is 5.75 Å². The Morgan fingerprint density at radius 3 is 2.08 bits per heavy atom. The van der Waals surface area contributed by atoms with Crippen LogP contribution in [0.15, 0.2) is 18.2 Å². The molecule has 0 radical (unpaired) electrons. The molecule has 0 aliphatic carbocycles. The normalized spacial score (nSPS) is 8.50. The van der Waals surface area contributed by atoms with Gasteiger partial charge in [-0.2, -0.15) is 0 Å². The topological polar surface area (TPSA) is 26.3 Å². The van der Waals surface area contributed by atoms with E-state index in [2.05, 4.69) is 4.74 Å². The number of hydrogen-bond donors (Lipinski definition) is 0. The van der Waals surface area contributed by atoms with E-state index >= 15 is 0 Å². The Labute approximate surface area is 73.2 Å². The second-order valence-electron chi connectivity index (χ2n) is 2.54. The molecule has 0 amide bonds. The van der Waals surface area contributed by atoms with Gasteiger partial charge in [0, 0.05) is 0 Å². The van der Waals surface area contributed by atoms with Crippen molar-refractivity contribution in [3.63, 3.8) is 0 Å². The van der Waals surface area contributed by atoms with E-state index < -0.39 is 0 Å². The molecular weight excluding hydrogens is 152 g/mol. The highest BCUT2D eigenvalue weighted by atomic mass is 16.5. The first-order valence-electron chi connectivity index (χ1n) is 3.41. The molecule has 0 unspecified atom stereocenters. The van der Waals surface area contributed by atoms with Crippen LogP contribution in [0.4, 0.5) is 0 Å².